The highest BCUT2D eigenvalue weighted by Gasteiger charge is 2.32. The predicted molar refractivity (Wildman–Crippen MR) is 78.1 cm³/mol. The first-order valence-electron chi connectivity index (χ1n) is 7.22. The average molecular weight is 274 g/mol. The maximum Gasteiger partial charge on any atom is 0.223 e. The summed E-state index contributed by atoms with van der Waals surface area (Å²) in [6.45, 7) is 5.19. The second-order valence-electron chi connectivity index (χ2n) is 5.36. The fraction of sp³-hybridized carbons (Fsp3) is 0.500. The Morgan fingerprint density at radius 3 is 2.70 bits per heavy atom. The van der Waals surface area contributed by atoms with Crippen molar-refractivity contribution in [1.82, 2.24) is 10.2 Å². The summed E-state index contributed by atoms with van der Waals surface area (Å²) >= 11 is 0. The third-order valence-electron chi connectivity index (χ3n) is 3.72. The van der Waals surface area contributed by atoms with Crippen LogP contribution in [0.3, 0.4) is 0 Å². The molecule has 20 heavy (non-hydrogen) atoms. The standard InChI is InChI=1S/C16H22N2O2/c1-3-17-15(19)10-14-8-9-16(20)18(14)11-13-6-4-12(2)5-7-13/h4-7,14H,3,8-11H2,1-2H3,(H,17,19). The van der Waals surface area contributed by atoms with Crippen molar-refractivity contribution in [3.8, 4) is 0 Å². The van der Waals surface area contributed by atoms with E-state index in [0.29, 0.717) is 25.9 Å². The van der Waals surface area contributed by atoms with E-state index >= 15 is 0 Å². The lowest BCUT2D eigenvalue weighted by molar-refractivity contribution is -0.130. The van der Waals surface area contributed by atoms with Crippen molar-refractivity contribution in [3.63, 3.8) is 0 Å². The smallest absolute Gasteiger partial charge is 0.223 e. The van der Waals surface area contributed by atoms with Crippen molar-refractivity contribution in [1.29, 1.82) is 0 Å². The lowest BCUT2D eigenvalue weighted by atomic mass is 10.1. The van der Waals surface area contributed by atoms with Crippen LogP contribution in [0.15, 0.2) is 24.3 Å². The Hall–Kier alpha value is -1.84. The average Bonchev–Trinajstić information content (AvgIpc) is 2.74. The van der Waals surface area contributed by atoms with Crippen LogP contribution in [0.25, 0.3) is 0 Å². The van der Waals surface area contributed by atoms with Gasteiger partial charge in [0.2, 0.25) is 11.8 Å². The second-order valence-corrected chi connectivity index (χ2v) is 5.36. The van der Waals surface area contributed by atoms with Gasteiger partial charge in [-0.2, -0.15) is 0 Å². The van der Waals surface area contributed by atoms with Crippen LogP contribution >= 0.6 is 0 Å². The summed E-state index contributed by atoms with van der Waals surface area (Å²) in [7, 11) is 0. The van der Waals surface area contributed by atoms with E-state index in [9.17, 15) is 9.59 Å². The summed E-state index contributed by atoms with van der Waals surface area (Å²) in [4.78, 5) is 25.5. The number of carbonyl (C=O) groups excluding carboxylic acids is 2. The first-order valence-corrected chi connectivity index (χ1v) is 7.22. The largest absolute Gasteiger partial charge is 0.356 e. The minimum atomic E-state index is 0.0288. The number of benzene rings is 1. The molecular formula is C16H22N2O2. The van der Waals surface area contributed by atoms with Gasteiger partial charge in [-0.15, -0.1) is 0 Å². The highest BCUT2D eigenvalue weighted by Crippen LogP contribution is 2.23. The number of nitrogens with zero attached hydrogens (tertiary/aromatic N) is 1. The molecule has 0 saturated carbocycles. The van der Waals surface area contributed by atoms with Crippen molar-refractivity contribution in [3.05, 3.63) is 35.4 Å². The van der Waals surface area contributed by atoms with E-state index in [-0.39, 0.29) is 17.9 Å². The first-order chi connectivity index (χ1) is 9.60. The Labute approximate surface area is 120 Å². The number of amides is 2. The van der Waals surface area contributed by atoms with Crippen LogP contribution in [0.1, 0.15) is 37.3 Å². The molecule has 2 amide bonds. The zero-order chi connectivity index (χ0) is 14.5. The van der Waals surface area contributed by atoms with Gasteiger partial charge in [0, 0.05) is 32.0 Å². The second kappa shape index (κ2) is 6.55. The van der Waals surface area contributed by atoms with Gasteiger partial charge in [0.1, 0.15) is 0 Å². The van der Waals surface area contributed by atoms with Crippen LogP contribution in [-0.4, -0.2) is 29.3 Å². The van der Waals surface area contributed by atoms with Gasteiger partial charge in [0.15, 0.2) is 0 Å². The third-order valence-corrected chi connectivity index (χ3v) is 3.72. The van der Waals surface area contributed by atoms with E-state index in [2.05, 4.69) is 17.4 Å². The number of hydrogen-bond donors (Lipinski definition) is 1. The number of carbonyl (C=O) groups is 2. The molecule has 1 aliphatic heterocycles. The molecule has 1 heterocycles. The Morgan fingerprint density at radius 1 is 1.35 bits per heavy atom. The lowest BCUT2D eigenvalue weighted by Crippen LogP contribution is -2.37. The zero-order valence-electron chi connectivity index (χ0n) is 12.2. The Kier molecular flexibility index (Phi) is 4.77. The van der Waals surface area contributed by atoms with Crippen LogP contribution in [0.2, 0.25) is 0 Å². The van der Waals surface area contributed by atoms with Gasteiger partial charge in [-0.1, -0.05) is 29.8 Å². The van der Waals surface area contributed by atoms with Crippen LogP contribution < -0.4 is 5.32 Å². The van der Waals surface area contributed by atoms with Gasteiger partial charge >= 0.3 is 0 Å². The number of nitrogens with one attached hydrogen (secondary N) is 1. The third kappa shape index (κ3) is 3.59. The molecule has 0 bridgehead atoms. The molecule has 1 fully saturated rings. The molecule has 0 spiro atoms. The molecule has 0 aromatic heterocycles. The summed E-state index contributed by atoms with van der Waals surface area (Å²) in [5.74, 6) is 0.181. The number of aryl methyl sites for hydroxylation is 1. The number of likely N-dealkylation sites (tertiary alicyclic amines) is 1. The van der Waals surface area contributed by atoms with Crippen LogP contribution in [0, 0.1) is 6.92 Å². The maximum absolute atomic E-state index is 12.0. The molecule has 1 atom stereocenters. The molecule has 1 unspecified atom stereocenters. The Bertz CT molecular complexity index is 482. The van der Waals surface area contributed by atoms with Crippen LogP contribution in [0.4, 0.5) is 0 Å². The van der Waals surface area contributed by atoms with Crippen molar-refractivity contribution in [2.45, 2.75) is 45.7 Å². The minimum Gasteiger partial charge on any atom is -0.356 e. The first kappa shape index (κ1) is 14.6. The van der Waals surface area contributed by atoms with Gasteiger partial charge in [0.05, 0.1) is 0 Å². The van der Waals surface area contributed by atoms with E-state index in [0.717, 1.165) is 12.0 Å². The van der Waals surface area contributed by atoms with E-state index in [1.807, 2.05) is 30.9 Å². The lowest BCUT2D eigenvalue weighted by Gasteiger charge is -2.24. The summed E-state index contributed by atoms with van der Waals surface area (Å²) in [6.07, 6.45) is 1.74. The molecule has 2 rings (SSSR count). The molecule has 1 aliphatic rings. The van der Waals surface area contributed by atoms with Crippen LogP contribution in [-0.2, 0) is 16.1 Å². The van der Waals surface area contributed by atoms with E-state index in [1.165, 1.54) is 5.56 Å². The molecule has 4 nitrogen and oxygen atoms in total. The van der Waals surface area contributed by atoms with E-state index < -0.39 is 0 Å². The number of hydrogen-bond acceptors (Lipinski definition) is 2. The number of rotatable bonds is 5. The fourth-order valence-electron chi connectivity index (χ4n) is 2.60. The normalized spacial score (nSPS) is 18.4. The summed E-state index contributed by atoms with van der Waals surface area (Å²) in [5, 5.41) is 2.80. The summed E-state index contributed by atoms with van der Waals surface area (Å²) in [5.41, 5.74) is 2.33. The summed E-state index contributed by atoms with van der Waals surface area (Å²) in [6, 6.07) is 8.23. The van der Waals surface area contributed by atoms with Crippen molar-refractivity contribution < 1.29 is 9.59 Å². The Balaban J connectivity index is 2.01. The maximum atomic E-state index is 12.0. The SMILES string of the molecule is CCNC(=O)CC1CCC(=O)N1Cc1ccc(C)cc1. The molecule has 1 N–H and O–H groups in total. The minimum absolute atomic E-state index is 0.0288. The predicted octanol–water partition coefficient (Wildman–Crippen LogP) is 2.01. The van der Waals surface area contributed by atoms with Gasteiger partial charge in [-0.05, 0) is 25.8 Å². The monoisotopic (exact) mass is 274 g/mol. The molecule has 4 heteroatoms. The van der Waals surface area contributed by atoms with Crippen LogP contribution in [0.5, 0.6) is 0 Å². The molecule has 0 aliphatic carbocycles. The van der Waals surface area contributed by atoms with Crippen molar-refractivity contribution in [2.24, 2.45) is 0 Å². The highest BCUT2D eigenvalue weighted by atomic mass is 16.2. The van der Waals surface area contributed by atoms with Gasteiger partial charge in [0.25, 0.3) is 0 Å². The summed E-state index contributed by atoms with van der Waals surface area (Å²) < 4.78 is 0. The molecule has 1 aromatic rings. The van der Waals surface area contributed by atoms with Gasteiger partial charge in [-0.25, -0.2) is 0 Å². The molecule has 1 aromatic carbocycles. The van der Waals surface area contributed by atoms with Gasteiger partial charge in [-0.3, -0.25) is 9.59 Å². The fourth-order valence-corrected chi connectivity index (χ4v) is 2.60. The zero-order valence-corrected chi connectivity index (χ0v) is 12.2. The highest BCUT2D eigenvalue weighted by molar-refractivity contribution is 5.82. The van der Waals surface area contributed by atoms with Crippen molar-refractivity contribution in [2.75, 3.05) is 6.54 Å². The van der Waals surface area contributed by atoms with E-state index in [4.69, 9.17) is 0 Å². The van der Waals surface area contributed by atoms with Crippen molar-refractivity contribution >= 4 is 11.8 Å². The topological polar surface area (TPSA) is 49.4 Å². The van der Waals surface area contributed by atoms with Gasteiger partial charge < -0.3 is 10.2 Å². The molecule has 1 saturated heterocycles. The molecular weight excluding hydrogens is 252 g/mol. The van der Waals surface area contributed by atoms with E-state index in [1.54, 1.807) is 0 Å². The Morgan fingerprint density at radius 2 is 2.05 bits per heavy atom. The molecule has 108 valence electrons. The molecule has 0 radical (unpaired) electrons. The quantitative estimate of drug-likeness (QED) is 0.893.